The number of fused-ring (bicyclic) bond motifs is 1. The highest BCUT2D eigenvalue weighted by atomic mass is 16.5. The van der Waals surface area contributed by atoms with Gasteiger partial charge in [-0.1, -0.05) is 13.0 Å². The van der Waals surface area contributed by atoms with Gasteiger partial charge in [-0.2, -0.15) is 0 Å². The fourth-order valence-electron chi connectivity index (χ4n) is 3.39. The lowest BCUT2D eigenvalue weighted by atomic mass is 9.96. The van der Waals surface area contributed by atoms with Gasteiger partial charge in [0.15, 0.2) is 0 Å². The minimum atomic E-state index is -0.0243. The van der Waals surface area contributed by atoms with Crippen LogP contribution < -0.4 is 4.74 Å². The van der Waals surface area contributed by atoms with Crippen molar-refractivity contribution in [1.29, 1.82) is 0 Å². The first-order valence-corrected chi connectivity index (χ1v) is 8.38. The Labute approximate surface area is 141 Å². The molecular weight excluding hydrogens is 300 g/mol. The van der Waals surface area contributed by atoms with E-state index in [1.807, 2.05) is 24.3 Å². The molecule has 3 aromatic rings. The van der Waals surface area contributed by atoms with Gasteiger partial charge < -0.3 is 14.8 Å². The predicted molar refractivity (Wildman–Crippen MR) is 94.4 cm³/mol. The van der Waals surface area contributed by atoms with Crippen molar-refractivity contribution in [3.05, 3.63) is 59.0 Å². The number of aliphatic hydroxyl groups is 1. The first-order chi connectivity index (χ1) is 11.6. The Balaban J connectivity index is 1.82. The number of hydrogen-bond acceptors (Lipinski definition) is 3. The number of aliphatic hydroxyl groups excluding tert-OH is 1. The Morgan fingerprint density at radius 2 is 2.00 bits per heavy atom. The molecule has 0 atom stereocenters. The molecule has 1 fully saturated rings. The number of hydrogen-bond donors (Lipinski definition) is 2. The van der Waals surface area contributed by atoms with E-state index in [0.717, 1.165) is 23.4 Å². The lowest BCUT2D eigenvalue weighted by molar-refractivity contribution is 0.276. The summed E-state index contributed by atoms with van der Waals surface area (Å²) in [4.78, 5) is 8.19. The molecule has 0 bridgehead atoms. The molecule has 0 amide bonds. The maximum Gasteiger partial charge on any atom is 0.120 e. The normalized spacial score (nSPS) is 15.6. The van der Waals surface area contributed by atoms with Crippen LogP contribution in [0.4, 0.5) is 0 Å². The lowest BCUT2D eigenvalue weighted by Crippen LogP contribution is -2.06. The summed E-state index contributed by atoms with van der Waals surface area (Å²) in [6, 6.07) is 12.0. The van der Waals surface area contributed by atoms with Gasteiger partial charge in [0.1, 0.15) is 5.75 Å². The van der Waals surface area contributed by atoms with Crippen LogP contribution in [0, 0.1) is 0 Å². The highest BCUT2D eigenvalue weighted by molar-refractivity contribution is 5.87. The molecule has 1 saturated carbocycles. The van der Waals surface area contributed by atoms with E-state index in [-0.39, 0.29) is 12.0 Å². The lowest BCUT2D eigenvalue weighted by Gasteiger charge is -2.11. The number of aromatic nitrogens is 2. The second-order valence-corrected chi connectivity index (χ2v) is 6.91. The van der Waals surface area contributed by atoms with E-state index in [4.69, 9.17) is 4.74 Å². The number of ether oxygens (including phenoxy) is 1. The van der Waals surface area contributed by atoms with E-state index >= 15 is 0 Å². The van der Waals surface area contributed by atoms with Crippen molar-refractivity contribution >= 4 is 10.9 Å². The Hall–Kier alpha value is -2.33. The molecule has 2 heterocycles. The Kier molecular flexibility index (Phi) is 3.57. The molecular formula is C20H22N2O2. The van der Waals surface area contributed by atoms with E-state index in [1.165, 1.54) is 29.5 Å². The summed E-state index contributed by atoms with van der Waals surface area (Å²) >= 11 is 0. The van der Waals surface area contributed by atoms with Crippen LogP contribution in [0.25, 0.3) is 10.9 Å². The summed E-state index contributed by atoms with van der Waals surface area (Å²) in [6.45, 7) is 2.29. The second kappa shape index (κ2) is 5.64. The molecule has 1 aliphatic carbocycles. The van der Waals surface area contributed by atoms with Crippen molar-refractivity contribution in [2.24, 2.45) is 0 Å². The average Bonchev–Trinajstić information content (AvgIpc) is 3.26. The van der Waals surface area contributed by atoms with E-state index in [1.54, 1.807) is 7.11 Å². The minimum absolute atomic E-state index is 0.0243. The molecule has 2 N–H and O–H groups in total. The van der Waals surface area contributed by atoms with Gasteiger partial charge in [-0.15, -0.1) is 0 Å². The third-order valence-electron chi connectivity index (χ3n) is 5.10. The quantitative estimate of drug-likeness (QED) is 0.753. The molecule has 0 aliphatic heterocycles. The number of pyridine rings is 1. The zero-order valence-corrected chi connectivity index (χ0v) is 14.1. The molecule has 0 radical (unpaired) electrons. The van der Waals surface area contributed by atoms with Crippen molar-refractivity contribution in [2.45, 2.75) is 38.2 Å². The number of nitrogens with zero attached hydrogens (tertiary/aromatic N) is 1. The van der Waals surface area contributed by atoms with Gasteiger partial charge in [-0.3, -0.25) is 4.98 Å². The first-order valence-electron chi connectivity index (χ1n) is 8.38. The third kappa shape index (κ3) is 2.57. The van der Waals surface area contributed by atoms with Crippen LogP contribution in [-0.2, 0) is 18.4 Å². The number of methoxy groups -OCH3 is 1. The average molecular weight is 322 g/mol. The summed E-state index contributed by atoms with van der Waals surface area (Å²) in [5.74, 6) is 0.864. The number of aromatic amines is 1. The molecule has 2 aromatic heterocycles. The van der Waals surface area contributed by atoms with Crippen molar-refractivity contribution in [2.75, 3.05) is 7.11 Å². The first kappa shape index (κ1) is 15.2. The van der Waals surface area contributed by atoms with E-state index in [2.05, 4.69) is 29.0 Å². The van der Waals surface area contributed by atoms with Crippen molar-refractivity contribution in [3.63, 3.8) is 0 Å². The molecule has 4 heteroatoms. The van der Waals surface area contributed by atoms with E-state index in [9.17, 15) is 5.11 Å². The van der Waals surface area contributed by atoms with Gasteiger partial charge in [-0.05, 0) is 42.7 Å². The Morgan fingerprint density at radius 1 is 1.21 bits per heavy atom. The Morgan fingerprint density at radius 3 is 2.71 bits per heavy atom. The van der Waals surface area contributed by atoms with Crippen LogP contribution in [-0.4, -0.2) is 22.2 Å². The number of rotatable bonds is 5. The van der Waals surface area contributed by atoms with Crippen molar-refractivity contribution < 1.29 is 9.84 Å². The molecule has 1 aliphatic rings. The fraction of sp³-hybridized carbons (Fsp3) is 0.350. The predicted octanol–water partition coefficient (Wildman–Crippen LogP) is 3.71. The fourth-order valence-corrected chi connectivity index (χ4v) is 3.39. The summed E-state index contributed by atoms with van der Waals surface area (Å²) in [5, 5.41) is 10.6. The summed E-state index contributed by atoms with van der Waals surface area (Å²) in [7, 11) is 1.69. The molecule has 1 aromatic carbocycles. The van der Waals surface area contributed by atoms with Crippen LogP contribution >= 0.6 is 0 Å². The van der Waals surface area contributed by atoms with E-state index in [0.29, 0.717) is 5.69 Å². The monoisotopic (exact) mass is 322 g/mol. The zero-order chi connectivity index (χ0) is 16.7. The van der Waals surface area contributed by atoms with Crippen LogP contribution in [0.2, 0.25) is 0 Å². The zero-order valence-electron chi connectivity index (χ0n) is 14.1. The number of H-pyrrole nitrogens is 1. The maximum atomic E-state index is 9.33. The molecule has 0 saturated heterocycles. The maximum absolute atomic E-state index is 9.33. The van der Waals surface area contributed by atoms with Gasteiger partial charge in [0.25, 0.3) is 0 Å². The Bertz CT molecular complexity index is 894. The molecule has 124 valence electrons. The third-order valence-corrected chi connectivity index (χ3v) is 5.10. The van der Waals surface area contributed by atoms with Gasteiger partial charge in [0, 0.05) is 40.2 Å². The van der Waals surface area contributed by atoms with Crippen molar-refractivity contribution in [3.8, 4) is 5.75 Å². The van der Waals surface area contributed by atoms with Gasteiger partial charge in [-0.25, -0.2) is 0 Å². The van der Waals surface area contributed by atoms with E-state index < -0.39 is 0 Å². The van der Waals surface area contributed by atoms with Crippen LogP contribution in [0.1, 0.15) is 42.4 Å². The van der Waals surface area contributed by atoms with Gasteiger partial charge >= 0.3 is 0 Å². The molecule has 24 heavy (non-hydrogen) atoms. The second-order valence-electron chi connectivity index (χ2n) is 6.91. The SMILES string of the molecule is COc1ccc2c(Cc3cccc(CO)n3)c(C3(C)CC3)[nH]c2c1. The number of nitrogens with one attached hydrogen (secondary N) is 1. The molecule has 4 rings (SSSR count). The smallest absolute Gasteiger partial charge is 0.120 e. The molecule has 0 unspecified atom stereocenters. The van der Waals surface area contributed by atoms with Crippen molar-refractivity contribution in [1.82, 2.24) is 9.97 Å². The standard InChI is InChI=1S/C20H22N2O2/c1-20(8-9-20)19-17(10-13-4-3-5-14(12-23)21-13)16-7-6-15(24-2)11-18(16)22-19/h3-7,11,22-23H,8-10,12H2,1-2H3. The van der Waals surface area contributed by atoms with Crippen LogP contribution in [0.3, 0.4) is 0 Å². The number of benzene rings is 1. The highest BCUT2D eigenvalue weighted by Gasteiger charge is 2.42. The van der Waals surface area contributed by atoms with Crippen LogP contribution in [0.15, 0.2) is 36.4 Å². The van der Waals surface area contributed by atoms with Crippen LogP contribution in [0.5, 0.6) is 5.75 Å². The topological polar surface area (TPSA) is 58.1 Å². The summed E-state index contributed by atoms with van der Waals surface area (Å²) < 4.78 is 5.36. The molecule has 0 spiro atoms. The van der Waals surface area contributed by atoms with Gasteiger partial charge in [0.2, 0.25) is 0 Å². The van der Waals surface area contributed by atoms with Gasteiger partial charge in [0.05, 0.1) is 19.4 Å². The molecule has 4 nitrogen and oxygen atoms in total. The minimum Gasteiger partial charge on any atom is -0.497 e. The summed E-state index contributed by atoms with van der Waals surface area (Å²) in [5.41, 5.74) is 5.70. The highest BCUT2D eigenvalue weighted by Crippen LogP contribution is 2.50. The largest absolute Gasteiger partial charge is 0.497 e. The summed E-state index contributed by atoms with van der Waals surface area (Å²) in [6.07, 6.45) is 3.20.